The van der Waals surface area contributed by atoms with Crippen molar-refractivity contribution in [3.63, 3.8) is 0 Å². The van der Waals surface area contributed by atoms with Gasteiger partial charge in [-0.05, 0) is 31.0 Å². The maximum Gasteiger partial charge on any atom is 0.271 e. The van der Waals surface area contributed by atoms with Gasteiger partial charge in [0.1, 0.15) is 0 Å². The highest BCUT2D eigenvalue weighted by Gasteiger charge is 2.24. The summed E-state index contributed by atoms with van der Waals surface area (Å²) in [6.45, 7) is 1.39. The largest absolute Gasteiger partial charge is 0.339 e. The molecule has 0 radical (unpaired) electrons. The first kappa shape index (κ1) is 16.6. The van der Waals surface area contributed by atoms with E-state index in [1.165, 1.54) is 18.2 Å². The van der Waals surface area contributed by atoms with Crippen LogP contribution in [0, 0.1) is 10.1 Å². The molecule has 0 atom stereocenters. The monoisotopic (exact) mass is 339 g/mol. The number of benzene rings is 2. The zero-order valence-corrected chi connectivity index (χ0v) is 13.5. The molecular weight excluding hydrogens is 322 g/mol. The first-order chi connectivity index (χ1) is 12.1. The minimum absolute atomic E-state index is 0.112. The Morgan fingerprint density at radius 3 is 2.36 bits per heavy atom. The number of nitrogens with zero attached hydrogens (tertiary/aromatic N) is 2. The minimum Gasteiger partial charge on any atom is -0.339 e. The number of nitro benzene ring substituents is 1. The van der Waals surface area contributed by atoms with Gasteiger partial charge in [0, 0.05) is 30.9 Å². The van der Waals surface area contributed by atoms with Gasteiger partial charge in [-0.2, -0.15) is 0 Å². The van der Waals surface area contributed by atoms with Crippen LogP contribution in [-0.4, -0.2) is 34.7 Å². The molecule has 0 saturated carbocycles. The number of anilines is 1. The Hall–Kier alpha value is -3.22. The molecule has 25 heavy (non-hydrogen) atoms. The molecule has 1 N–H and O–H groups in total. The van der Waals surface area contributed by atoms with Gasteiger partial charge >= 0.3 is 0 Å². The lowest BCUT2D eigenvalue weighted by Crippen LogP contribution is -2.29. The molecule has 1 fully saturated rings. The summed E-state index contributed by atoms with van der Waals surface area (Å²) in [7, 11) is 0. The van der Waals surface area contributed by atoms with Crippen LogP contribution in [0.5, 0.6) is 0 Å². The third-order valence-electron chi connectivity index (χ3n) is 4.11. The summed E-state index contributed by atoms with van der Waals surface area (Å²) in [6.07, 6.45) is 1.93. The normalized spacial score (nSPS) is 13.5. The molecule has 1 heterocycles. The topological polar surface area (TPSA) is 92.5 Å². The molecule has 0 bridgehead atoms. The van der Waals surface area contributed by atoms with Crippen molar-refractivity contribution in [3.05, 3.63) is 69.8 Å². The Morgan fingerprint density at radius 1 is 1.00 bits per heavy atom. The van der Waals surface area contributed by atoms with Crippen molar-refractivity contribution in [3.8, 4) is 0 Å². The zero-order valence-electron chi connectivity index (χ0n) is 13.5. The van der Waals surface area contributed by atoms with Crippen molar-refractivity contribution >= 4 is 23.2 Å². The maximum absolute atomic E-state index is 12.6. The molecule has 0 spiro atoms. The van der Waals surface area contributed by atoms with Crippen molar-refractivity contribution in [2.24, 2.45) is 0 Å². The van der Waals surface area contributed by atoms with Gasteiger partial charge < -0.3 is 10.2 Å². The van der Waals surface area contributed by atoms with E-state index in [-0.39, 0.29) is 17.2 Å². The van der Waals surface area contributed by atoms with Crippen LogP contribution < -0.4 is 5.32 Å². The van der Waals surface area contributed by atoms with E-state index in [1.54, 1.807) is 35.2 Å². The van der Waals surface area contributed by atoms with E-state index in [1.807, 2.05) is 0 Å². The van der Waals surface area contributed by atoms with Crippen LogP contribution in [0.3, 0.4) is 0 Å². The summed E-state index contributed by atoms with van der Waals surface area (Å²) in [5.41, 5.74) is 0.792. The number of nitro groups is 1. The number of hydrogen-bond acceptors (Lipinski definition) is 4. The van der Waals surface area contributed by atoms with Crippen LogP contribution in [0.25, 0.3) is 0 Å². The number of amides is 2. The quantitative estimate of drug-likeness (QED) is 0.684. The van der Waals surface area contributed by atoms with Crippen molar-refractivity contribution in [2.45, 2.75) is 12.8 Å². The molecule has 0 unspecified atom stereocenters. The van der Waals surface area contributed by atoms with E-state index in [9.17, 15) is 19.7 Å². The number of nitrogens with one attached hydrogen (secondary N) is 1. The molecule has 0 aromatic heterocycles. The predicted molar refractivity (Wildman–Crippen MR) is 92.6 cm³/mol. The lowest BCUT2D eigenvalue weighted by molar-refractivity contribution is -0.384. The second kappa shape index (κ2) is 7.12. The Bertz CT molecular complexity index is 829. The second-order valence-electron chi connectivity index (χ2n) is 5.81. The third-order valence-corrected chi connectivity index (χ3v) is 4.11. The van der Waals surface area contributed by atoms with Gasteiger partial charge in [-0.15, -0.1) is 0 Å². The van der Waals surface area contributed by atoms with E-state index in [2.05, 4.69) is 5.32 Å². The van der Waals surface area contributed by atoms with Crippen molar-refractivity contribution < 1.29 is 14.5 Å². The highest BCUT2D eigenvalue weighted by atomic mass is 16.6. The number of likely N-dealkylation sites (tertiary alicyclic amines) is 1. The van der Waals surface area contributed by atoms with Gasteiger partial charge in [0.15, 0.2) is 0 Å². The maximum atomic E-state index is 12.6. The first-order valence-corrected chi connectivity index (χ1v) is 8.00. The lowest BCUT2D eigenvalue weighted by atomic mass is 10.1. The Labute approximate surface area is 144 Å². The SMILES string of the molecule is O=C(Nc1cccc([N+](=O)[O-])c1)c1ccccc1C(=O)N1CCCC1. The molecule has 2 amide bonds. The number of carbonyl (C=O) groups excluding carboxylic acids is 2. The van der Waals surface area contributed by atoms with Gasteiger partial charge in [0.25, 0.3) is 17.5 Å². The predicted octanol–water partition coefficient (Wildman–Crippen LogP) is 3.08. The summed E-state index contributed by atoms with van der Waals surface area (Å²) in [6, 6.07) is 12.3. The standard InChI is InChI=1S/C18H17N3O4/c22-17(19-13-6-5-7-14(12-13)21(24)25)15-8-1-2-9-16(15)18(23)20-10-3-4-11-20/h1-2,5-9,12H,3-4,10-11H2,(H,19,22). The van der Waals surface area contributed by atoms with E-state index in [4.69, 9.17) is 0 Å². The molecular formula is C18H17N3O4. The molecule has 7 heteroatoms. The summed E-state index contributed by atoms with van der Waals surface area (Å²) in [5.74, 6) is -0.633. The number of hydrogen-bond donors (Lipinski definition) is 1. The van der Waals surface area contributed by atoms with Gasteiger partial charge in [0.05, 0.1) is 16.1 Å². The molecule has 7 nitrogen and oxygen atoms in total. The smallest absolute Gasteiger partial charge is 0.271 e. The lowest BCUT2D eigenvalue weighted by Gasteiger charge is -2.17. The van der Waals surface area contributed by atoms with Crippen LogP contribution in [0.1, 0.15) is 33.6 Å². The van der Waals surface area contributed by atoms with Crippen LogP contribution in [0.4, 0.5) is 11.4 Å². The minimum atomic E-state index is -0.527. The molecule has 3 rings (SSSR count). The molecule has 2 aromatic carbocycles. The summed E-state index contributed by atoms with van der Waals surface area (Å²) in [5, 5.41) is 13.5. The van der Waals surface area contributed by atoms with E-state index in [0.29, 0.717) is 24.3 Å². The average Bonchev–Trinajstić information content (AvgIpc) is 3.16. The van der Waals surface area contributed by atoms with Crippen LogP contribution in [0.2, 0.25) is 0 Å². The number of non-ortho nitro benzene ring substituents is 1. The van der Waals surface area contributed by atoms with Gasteiger partial charge in [-0.3, -0.25) is 19.7 Å². The Kier molecular flexibility index (Phi) is 4.74. The molecule has 2 aromatic rings. The Balaban J connectivity index is 1.84. The van der Waals surface area contributed by atoms with Crippen LogP contribution >= 0.6 is 0 Å². The number of rotatable bonds is 4. The van der Waals surface area contributed by atoms with Gasteiger partial charge in [-0.25, -0.2) is 0 Å². The fourth-order valence-electron chi connectivity index (χ4n) is 2.85. The van der Waals surface area contributed by atoms with Crippen molar-refractivity contribution in [1.82, 2.24) is 4.90 Å². The summed E-state index contributed by atoms with van der Waals surface area (Å²) >= 11 is 0. The van der Waals surface area contributed by atoms with E-state index < -0.39 is 10.8 Å². The highest BCUT2D eigenvalue weighted by Crippen LogP contribution is 2.20. The average molecular weight is 339 g/mol. The molecule has 128 valence electrons. The van der Waals surface area contributed by atoms with Crippen molar-refractivity contribution in [2.75, 3.05) is 18.4 Å². The highest BCUT2D eigenvalue weighted by molar-refractivity contribution is 6.12. The fraction of sp³-hybridized carbons (Fsp3) is 0.222. The molecule has 1 aliphatic rings. The molecule has 1 saturated heterocycles. The third kappa shape index (κ3) is 3.65. The molecule has 0 aliphatic carbocycles. The summed E-state index contributed by atoms with van der Waals surface area (Å²) < 4.78 is 0. The van der Waals surface area contributed by atoms with Gasteiger partial charge in [0.2, 0.25) is 0 Å². The first-order valence-electron chi connectivity index (χ1n) is 8.00. The van der Waals surface area contributed by atoms with E-state index >= 15 is 0 Å². The second-order valence-corrected chi connectivity index (χ2v) is 5.81. The van der Waals surface area contributed by atoms with E-state index in [0.717, 1.165) is 12.8 Å². The van der Waals surface area contributed by atoms with Crippen LogP contribution in [0.15, 0.2) is 48.5 Å². The van der Waals surface area contributed by atoms with Crippen LogP contribution in [-0.2, 0) is 0 Å². The zero-order chi connectivity index (χ0) is 17.8. The fourth-order valence-corrected chi connectivity index (χ4v) is 2.85. The van der Waals surface area contributed by atoms with Gasteiger partial charge in [-0.1, -0.05) is 18.2 Å². The van der Waals surface area contributed by atoms with Crippen molar-refractivity contribution in [1.29, 1.82) is 0 Å². The molecule has 1 aliphatic heterocycles. The number of carbonyl (C=O) groups is 2. The Morgan fingerprint density at radius 2 is 1.68 bits per heavy atom. The summed E-state index contributed by atoms with van der Waals surface area (Å²) in [4.78, 5) is 37.3.